The number of amides is 1. The summed E-state index contributed by atoms with van der Waals surface area (Å²) in [6.45, 7) is -1.53. The maximum Gasteiger partial charge on any atom is 0.411 e. The lowest BCUT2D eigenvalue weighted by Gasteiger charge is -2.08. The zero-order valence-electron chi connectivity index (χ0n) is 8.14. The Morgan fingerprint density at radius 1 is 1.40 bits per heavy atom. The molecule has 0 fully saturated rings. The molecule has 0 aromatic carbocycles. The molecule has 0 aliphatic heterocycles. The molecule has 0 saturated heterocycles. The molecule has 2 N–H and O–H groups in total. The predicted molar refractivity (Wildman–Crippen MR) is 46.2 cm³/mol. The first-order valence-electron chi connectivity index (χ1n) is 4.48. The summed E-state index contributed by atoms with van der Waals surface area (Å²) in [5.74, 6) is -0.306. The highest BCUT2D eigenvalue weighted by Crippen LogP contribution is 2.13. The lowest BCUT2D eigenvalue weighted by Crippen LogP contribution is -2.28. The maximum atomic E-state index is 11.6. The fourth-order valence-corrected chi connectivity index (χ4v) is 0.779. The Balaban J connectivity index is 3.27. The Labute approximate surface area is 85.4 Å². The summed E-state index contributed by atoms with van der Waals surface area (Å²) >= 11 is 0. The van der Waals surface area contributed by atoms with Crippen molar-refractivity contribution in [2.24, 2.45) is 0 Å². The van der Waals surface area contributed by atoms with Gasteiger partial charge < -0.3 is 15.2 Å². The van der Waals surface area contributed by atoms with Crippen molar-refractivity contribution in [2.75, 3.05) is 26.4 Å². The van der Waals surface area contributed by atoms with Crippen LogP contribution in [0.3, 0.4) is 0 Å². The topological polar surface area (TPSA) is 58.6 Å². The molecular weight excluding hydrogens is 215 g/mol. The van der Waals surface area contributed by atoms with Crippen LogP contribution in [0.25, 0.3) is 0 Å². The molecule has 90 valence electrons. The number of aliphatic hydroxyl groups is 1. The van der Waals surface area contributed by atoms with E-state index in [0.29, 0.717) is 6.42 Å². The lowest BCUT2D eigenvalue weighted by atomic mass is 10.3. The van der Waals surface area contributed by atoms with Gasteiger partial charge in [-0.2, -0.15) is 13.2 Å². The molecule has 0 saturated carbocycles. The summed E-state index contributed by atoms with van der Waals surface area (Å²) < 4.78 is 39.0. The molecule has 0 spiro atoms. The highest BCUT2D eigenvalue weighted by Gasteiger charge is 2.27. The highest BCUT2D eigenvalue weighted by molar-refractivity contribution is 5.75. The second-order valence-electron chi connectivity index (χ2n) is 2.84. The lowest BCUT2D eigenvalue weighted by molar-refractivity contribution is -0.173. The van der Waals surface area contributed by atoms with Gasteiger partial charge in [0.2, 0.25) is 5.91 Å². The van der Waals surface area contributed by atoms with Crippen molar-refractivity contribution >= 4 is 5.91 Å². The van der Waals surface area contributed by atoms with E-state index >= 15 is 0 Å². The quantitative estimate of drug-likeness (QED) is 0.623. The van der Waals surface area contributed by atoms with Crippen LogP contribution in [0, 0.1) is 0 Å². The summed E-state index contributed by atoms with van der Waals surface area (Å²) in [5.41, 5.74) is 0. The second-order valence-corrected chi connectivity index (χ2v) is 2.84. The smallest absolute Gasteiger partial charge is 0.396 e. The number of rotatable bonds is 7. The molecule has 0 aromatic rings. The van der Waals surface area contributed by atoms with E-state index in [2.05, 4.69) is 10.1 Å². The van der Waals surface area contributed by atoms with Gasteiger partial charge in [0.05, 0.1) is 6.61 Å². The van der Waals surface area contributed by atoms with Gasteiger partial charge in [-0.05, 0) is 6.42 Å². The Hall–Kier alpha value is -0.820. The number of nitrogens with one attached hydrogen (secondary N) is 1. The normalized spacial score (nSPS) is 11.5. The number of hydrogen-bond acceptors (Lipinski definition) is 3. The standard InChI is InChI=1S/C8H14F3NO3/c9-8(10,11)6-15-5-3-12-7(14)2-1-4-13/h13H,1-6H2,(H,12,14). The molecule has 15 heavy (non-hydrogen) atoms. The van der Waals surface area contributed by atoms with Gasteiger partial charge in [0, 0.05) is 19.6 Å². The van der Waals surface area contributed by atoms with Gasteiger partial charge >= 0.3 is 6.18 Å². The number of carbonyl (C=O) groups excluding carboxylic acids is 1. The molecule has 0 radical (unpaired) electrons. The van der Waals surface area contributed by atoms with E-state index in [9.17, 15) is 18.0 Å². The summed E-state index contributed by atoms with van der Waals surface area (Å²) in [4.78, 5) is 10.9. The van der Waals surface area contributed by atoms with Gasteiger partial charge in [0.1, 0.15) is 6.61 Å². The van der Waals surface area contributed by atoms with Crippen LogP contribution < -0.4 is 5.32 Å². The number of ether oxygens (including phenoxy) is 1. The van der Waals surface area contributed by atoms with Crippen LogP contribution in [-0.2, 0) is 9.53 Å². The van der Waals surface area contributed by atoms with Crippen LogP contribution in [0.15, 0.2) is 0 Å². The second kappa shape index (κ2) is 7.47. The van der Waals surface area contributed by atoms with Crippen LogP contribution in [0.1, 0.15) is 12.8 Å². The number of aliphatic hydroxyl groups excluding tert-OH is 1. The van der Waals surface area contributed by atoms with E-state index < -0.39 is 12.8 Å². The SMILES string of the molecule is O=C(CCCO)NCCOCC(F)(F)F. The number of alkyl halides is 3. The summed E-state index contributed by atoms with van der Waals surface area (Å²) in [5, 5.41) is 10.7. The van der Waals surface area contributed by atoms with E-state index in [-0.39, 0.29) is 32.1 Å². The molecule has 0 rings (SSSR count). The molecule has 0 aliphatic carbocycles. The Morgan fingerprint density at radius 2 is 2.07 bits per heavy atom. The van der Waals surface area contributed by atoms with Gasteiger partial charge in [-0.3, -0.25) is 4.79 Å². The molecule has 7 heteroatoms. The van der Waals surface area contributed by atoms with Crippen LogP contribution in [0.5, 0.6) is 0 Å². The van der Waals surface area contributed by atoms with Crippen molar-refractivity contribution in [3.63, 3.8) is 0 Å². The largest absolute Gasteiger partial charge is 0.411 e. The van der Waals surface area contributed by atoms with Crippen molar-refractivity contribution in [3.05, 3.63) is 0 Å². The molecule has 0 aliphatic rings. The van der Waals surface area contributed by atoms with Crippen molar-refractivity contribution in [2.45, 2.75) is 19.0 Å². The monoisotopic (exact) mass is 229 g/mol. The Bertz CT molecular complexity index is 184. The minimum absolute atomic E-state index is 0.0420. The van der Waals surface area contributed by atoms with Gasteiger partial charge in [-0.1, -0.05) is 0 Å². The summed E-state index contributed by atoms with van der Waals surface area (Å²) in [6, 6.07) is 0. The van der Waals surface area contributed by atoms with Crippen LogP contribution in [0.4, 0.5) is 13.2 Å². The third kappa shape index (κ3) is 11.1. The number of hydrogen-bond donors (Lipinski definition) is 2. The minimum atomic E-state index is -4.33. The van der Waals surface area contributed by atoms with Crippen LogP contribution in [-0.4, -0.2) is 43.6 Å². The first-order valence-corrected chi connectivity index (χ1v) is 4.48. The molecule has 0 aromatic heterocycles. The van der Waals surface area contributed by atoms with E-state index in [1.54, 1.807) is 0 Å². The molecule has 0 unspecified atom stereocenters. The summed E-state index contributed by atoms with van der Waals surface area (Å²) in [7, 11) is 0. The average molecular weight is 229 g/mol. The zero-order valence-corrected chi connectivity index (χ0v) is 8.14. The van der Waals surface area contributed by atoms with Crippen LogP contribution >= 0.6 is 0 Å². The molecule has 0 bridgehead atoms. The Morgan fingerprint density at radius 3 is 2.60 bits per heavy atom. The number of carbonyl (C=O) groups is 1. The minimum Gasteiger partial charge on any atom is -0.396 e. The predicted octanol–water partition coefficient (Wildman–Crippen LogP) is 0.454. The third-order valence-electron chi connectivity index (χ3n) is 1.40. The van der Waals surface area contributed by atoms with Crippen molar-refractivity contribution in [1.29, 1.82) is 0 Å². The van der Waals surface area contributed by atoms with Gasteiger partial charge in [0.15, 0.2) is 0 Å². The fourth-order valence-electron chi connectivity index (χ4n) is 0.779. The third-order valence-corrected chi connectivity index (χ3v) is 1.40. The van der Waals surface area contributed by atoms with Gasteiger partial charge in [0.25, 0.3) is 0 Å². The van der Waals surface area contributed by atoms with Gasteiger partial charge in [-0.15, -0.1) is 0 Å². The zero-order chi connectivity index (χ0) is 11.7. The van der Waals surface area contributed by atoms with E-state index in [0.717, 1.165) is 0 Å². The fraction of sp³-hybridized carbons (Fsp3) is 0.875. The number of halogens is 3. The molecule has 0 heterocycles. The molecular formula is C8H14F3NO3. The highest BCUT2D eigenvalue weighted by atomic mass is 19.4. The first-order chi connectivity index (χ1) is 6.95. The van der Waals surface area contributed by atoms with Crippen molar-refractivity contribution in [1.82, 2.24) is 5.32 Å². The van der Waals surface area contributed by atoms with Crippen molar-refractivity contribution < 1.29 is 27.8 Å². The summed E-state index contributed by atoms with van der Waals surface area (Å²) in [6.07, 6.45) is -3.83. The van der Waals surface area contributed by atoms with Crippen molar-refractivity contribution in [3.8, 4) is 0 Å². The first kappa shape index (κ1) is 14.2. The van der Waals surface area contributed by atoms with E-state index in [1.165, 1.54) is 0 Å². The molecule has 0 atom stereocenters. The van der Waals surface area contributed by atoms with E-state index in [4.69, 9.17) is 5.11 Å². The molecule has 4 nitrogen and oxygen atoms in total. The average Bonchev–Trinajstić information content (AvgIpc) is 2.12. The van der Waals surface area contributed by atoms with Crippen LogP contribution in [0.2, 0.25) is 0 Å². The molecule has 1 amide bonds. The van der Waals surface area contributed by atoms with E-state index in [1.807, 2.05) is 0 Å². The van der Waals surface area contributed by atoms with Gasteiger partial charge in [-0.25, -0.2) is 0 Å². The maximum absolute atomic E-state index is 11.6. The Kier molecular flexibility index (Phi) is 7.06.